The Morgan fingerprint density at radius 3 is 2.55 bits per heavy atom. The molecule has 1 fully saturated rings. The van der Waals surface area contributed by atoms with Gasteiger partial charge in [-0.05, 0) is 35.9 Å². The van der Waals surface area contributed by atoms with Crippen LogP contribution in [0.2, 0.25) is 0 Å². The van der Waals surface area contributed by atoms with Gasteiger partial charge in [0.1, 0.15) is 17.7 Å². The molecule has 2 amide bonds. The lowest BCUT2D eigenvalue weighted by Crippen LogP contribution is -2.33. The van der Waals surface area contributed by atoms with Crippen molar-refractivity contribution >= 4 is 17.7 Å². The maximum Gasteiger partial charge on any atom is 0.414 e. The van der Waals surface area contributed by atoms with E-state index < -0.39 is 23.8 Å². The average molecular weight is 428 g/mol. The van der Waals surface area contributed by atoms with Gasteiger partial charge in [0, 0.05) is 19.4 Å². The molecule has 1 saturated heterocycles. The summed E-state index contributed by atoms with van der Waals surface area (Å²) in [7, 11) is 0. The molecular formula is C21H18F2N4O4. The van der Waals surface area contributed by atoms with Gasteiger partial charge in [0.2, 0.25) is 11.8 Å². The number of carbonyl (C=O) groups excluding carboxylic acids is 2. The van der Waals surface area contributed by atoms with Crippen LogP contribution in [0.4, 0.5) is 19.3 Å². The van der Waals surface area contributed by atoms with Crippen molar-refractivity contribution in [2.24, 2.45) is 0 Å². The number of rotatable bonds is 5. The molecule has 0 unspecified atom stereocenters. The van der Waals surface area contributed by atoms with Gasteiger partial charge in [0.25, 0.3) is 5.89 Å². The van der Waals surface area contributed by atoms with Gasteiger partial charge >= 0.3 is 6.09 Å². The van der Waals surface area contributed by atoms with E-state index in [0.29, 0.717) is 17.1 Å². The van der Waals surface area contributed by atoms with Crippen molar-refractivity contribution < 1.29 is 27.5 Å². The van der Waals surface area contributed by atoms with Crippen LogP contribution in [0.3, 0.4) is 0 Å². The summed E-state index contributed by atoms with van der Waals surface area (Å²) in [6.45, 7) is 3.30. The smallest absolute Gasteiger partial charge is 0.414 e. The van der Waals surface area contributed by atoms with Crippen LogP contribution >= 0.6 is 0 Å². The summed E-state index contributed by atoms with van der Waals surface area (Å²) in [4.78, 5) is 24.4. The number of halogens is 2. The number of cyclic esters (lactones) is 1. The fourth-order valence-corrected chi connectivity index (χ4v) is 3.26. The minimum atomic E-state index is -0.632. The first kappa shape index (κ1) is 20.5. The van der Waals surface area contributed by atoms with Gasteiger partial charge < -0.3 is 14.5 Å². The van der Waals surface area contributed by atoms with Crippen LogP contribution in [0.1, 0.15) is 12.8 Å². The number of hydrogen-bond acceptors (Lipinski definition) is 6. The van der Waals surface area contributed by atoms with Crippen LogP contribution in [0.25, 0.3) is 22.6 Å². The summed E-state index contributed by atoms with van der Waals surface area (Å²) in [6.07, 6.45) is -1.16. The SMILES string of the molecule is CC(=O)NC[C@H]1CN(c2ccc(-c3ccc(-c4nnc(C)o4)c(F)c3)c(F)c2)C(=O)O1. The van der Waals surface area contributed by atoms with Crippen LogP contribution in [0, 0.1) is 18.6 Å². The number of benzene rings is 2. The highest BCUT2D eigenvalue weighted by Crippen LogP contribution is 2.31. The lowest BCUT2D eigenvalue weighted by molar-refractivity contribution is -0.119. The molecule has 2 heterocycles. The van der Waals surface area contributed by atoms with E-state index in [1.807, 2.05) is 0 Å². The van der Waals surface area contributed by atoms with Gasteiger partial charge in [0.15, 0.2) is 0 Å². The summed E-state index contributed by atoms with van der Waals surface area (Å²) in [6, 6.07) is 8.36. The zero-order valence-corrected chi connectivity index (χ0v) is 16.7. The second-order valence-corrected chi connectivity index (χ2v) is 7.04. The van der Waals surface area contributed by atoms with Gasteiger partial charge in [-0.2, -0.15) is 0 Å². The van der Waals surface area contributed by atoms with Crippen LogP contribution in [0.15, 0.2) is 40.8 Å². The van der Waals surface area contributed by atoms with E-state index in [4.69, 9.17) is 9.15 Å². The minimum Gasteiger partial charge on any atom is -0.442 e. The third-order valence-electron chi connectivity index (χ3n) is 4.75. The summed E-state index contributed by atoms with van der Waals surface area (Å²) < 4.78 is 39.8. The van der Waals surface area contributed by atoms with E-state index >= 15 is 0 Å². The Bertz CT molecular complexity index is 1160. The minimum absolute atomic E-state index is 0.0405. The number of anilines is 1. The van der Waals surface area contributed by atoms with Crippen LogP contribution < -0.4 is 10.2 Å². The Morgan fingerprint density at radius 1 is 1.16 bits per heavy atom. The molecule has 0 radical (unpaired) electrons. The molecule has 160 valence electrons. The maximum absolute atomic E-state index is 14.8. The van der Waals surface area contributed by atoms with Gasteiger partial charge in [-0.3, -0.25) is 9.69 Å². The van der Waals surface area contributed by atoms with E-state index in [0.717, 1.165) is 0 Å². The summed E-state index contributed by atoms with van der Waals surface area (Å²) in [5, 5.41) is 10.0. The normalized spacial score (nSPS) is 15.8. The fraction of sp³-hybridized carbons (Fsp3) is 0.238. The molecule has 1 aromatic heterocycles. The van der Waals surface area contributed by atoms with Crippen LogP contribution in [-0.4, -0.2) is 41.4 Å². The zero-order valence-electron chi connectivity index (χ0n) is 16.7. The summed E-state index contributed by atoms with van der Waals surface area (Å²) in [5.41, 5.74) is 0.897. The Kier molecular flexibility index (Phi) is 5.37. The first-order chi connectivity index (χ1) is 14.8. The Labute approximate surface area is 175 Å². The topological polar surface area (TPSA) is 97.6 Å². The molecule has 0 bridgehead atoms. The number of carbonyl (C=O) groups is 2. The molecule has 0 spiro atoms. The largest absolute Gasteiger partial charge is 0.442 e. The van der Waals surface area contributed by atoms with Gasteiger partial charge in [-0.1, -0.05) is 6.07 Å². The highest BCUT2D eigenvalue weighted by molar-refractivity contribution is 5.90. The van der Waals surface area contributed by atoms with Crippen molar-refractivity contribution in [3.63, 3.8) is 0 Å². The van der Waals surface area contributed by atoms with Crippen molar-refractivity contribution in [2.45, 2.75) is 20.0 Å². The highest BCUT2D eigenvalue weighted by atomic mass is 19.1. The van der Waals surface area contributed by atoms with Gasteiger partial charge in [-0.25, -0.2) is 13.6 Å². The van der Waals surface area contributed by atoms with E-state index in [-0.39, 0.29) is 36.0 Å². The number of nitrogens with zero attached hydrogens (tertiary/aromatic N) is 3. The first-order valence-corrected chi connectivity index (χ1v) is 9.44. The Hall–Kier alpha value is -3.82. The Morgan fingerprint density at radius 2 is 1.90 bits per heavy atom. The molecule has 1 aliphatic rings. The number of aromatic nitrogens is 2. The average Bonchev–Trinajstić information content (AvgIpc) is 3.31. The van der Waals surface area contributed by atoms with Crippen LogP contribution in [-0.2, 0) is 9.53 Å². The second-order valence-electron chi connectivity index (χ2n) is 7.04. The molecule has 31 heavy (non-hydrogen) atoms. The number of ether oxygens (including phenoxy) is 1. The number of hydrogen-bond donors (Lipinski definition) is 1. The molecule has 3 aromatic rings. The Balaban J connectivity index is 1.55. The molecule has 0 aliphatic carbocycles. The van der Waals surface area contributed by atoms with Crippen molar-refractivity contribution in [2.75, 3.05) is 18.0 Å². The molecule has 4 rings (SSSR count). The fourth-order valence-electron chi connectivity index (χ4n) is 3.26. The van der Waals surface area contributed by atoms with E-state index in [1.165, 1.54) is 36.1 Å². The van der Waals surface area contributed by atoms with Gasteiger partial charge in [-0.15, -0.1) is 10.2 Å². The molecule has 1 atom stereocenters. The molecule has 1 aliphatic heterocycles. The molecular weight excluding hydrogens is 410 g/mol. The van der Waals surface area contributed by atoms with Crippen molar-refractivity contribution in [1.29, 1.82) is 0 Å². The van der Waals surface area contributed by atoms with E-state index in [2.05, 4.69) is 15.5 Å². The van der Waals surface area contributed by atoms with Crippen LogP contribution in [0.5, 0.6) is 0 Å². The van der Waals surface area contributed by atoms with E-state index in [1.54, 1.807) is 19.1 Å². The third-order valence-corrected chi connectivity index (χ3v) is 4.75. The lowest BCUT2D eigenvalue weighted by Gasteiger charge is -2.14. The molecule has 10 heteroatoms. The number of aryl methyl sites for hydroxylation is 1. The predicted octanol–water partition coefficient (Wildman–Crippen LogP) is 3.45. The van der Waals surface area contributed by atoms with Crippen molar-refractivity contribution in [3.8, 4) is 22.6 Å². The number of amides is 2. The molecule has 1 N–H and O–H groups in total. The molecule has 8 nitrogen and oxygen atoms in total. The standard InChI is InChI=1S/C21H18F2N4O4/c1-11(28)24-9-15-10-27(21(29)31-15)14-4-6-16(19(23)8-14)13-3-5-17(18(22)7-13)20-26-25-12(2)30-20/h3-8,15H,9-10H2,1-2H3,(H,24,28)/t15-/m0/s1. The highest BCUT2D eigenvalue weighted by Gasteiger charge is 2.32. The lowest BCUT2D eigenvalue weighted by atomic mass is 10.0. The monoisotopic (exact) mass is 428 g/mol. The second kappa shape index (κ2) is 8.13. The molecule has 2 aromatic carbocycles. The zero-order chi connectivity index (χ0) is 22.1. The number of nitrogens with one attached hydrogen (secondary N) is 1. The predicted molar refractivity (Wildman–Crippen MR) is 106 cm³/mol. The quantitative estimate of drug-likeness (QED) is 0.669. The molecule has 0 saturated carbocycles. The summed E-state index contributed by atoms with van der Waals surface area (Å²) in [5.74, 6) is -1.15. The first-order valence-electron chi connectivity index (χ1n) is 9.44. The third kappa shape index (κ3) is 4.23. The summed E-state index contributed by atoms with van der Waals surface area (Å²) >= 11 is 0. The van der Waals surface area contributed by atoms with Crippen molar-refractivity contribution in [1.82, 2.24) is 15.5 Å². The van der Waals surface area contributed by atoms with Gasteiger partial charge in [0.05, 0.1) is 24.3 Å². The van der Waals surface area contributed by atoms with E-state index in [9.17, 15) is 18.4 Å². The van der Waals surface area contributed by atoms with Crippen molar-refractivity contribution in [3.05, 3.63) is 53.9 Å². The maximum atomic E-state index is 14.8.